The van der Waals surface area contributed by atoms with Gasteiger partial charge in [0.2, 0.25) is 0 Å². The molecule has 2 rings (SSSR count). The van der Waals surface area contributed by atoms with Crippen molar-refractivity contribution in [3.8, 4) is 0 Å². The third kappa shape index (κ3) is 3.14. The third-order valence-corrected chi connectivity index (χ3v) is 4.88. The van der Waals surface area contributed by atoms with Gasteiger partial charge in [-0.25, -0.2) is 0 Å². The molecule has 1 unspecified atom stereocenters. The van der Waals surface area contributed by atoms with Gasteiger partial charge in [0.1, 0.15) is 0 Å². The molecule has 1 saturated carbocycles. The Bertz CT molecular complexity index is 428. The van der Waals surface area contributed by atoms with Crippen LogP contribution >= 0.6 is 11.3 Å². The van der Waals surface area contributed by atoms with Crippen LogP contribution in [0.4, 0.5) is 0 Å². The first kappa shape index (κ1) is 13.6. The summed E-state index contributed by atoms with van der Waals surface area (Å²) in [5.74, 6) is 1.41. The molecule has 1 aromatic heterocycles. The zero-order valence-electron chi connectivity index (χ0n) is 11.7. The van der Waals surface area contributed by atoms with Gasteiger partial charge in [0.05, 0.1) is 11.9 Å². The lowest BCUT2D eigenvalue weighted by atomic mass is 9.88. The van der Waals surface area contributed by atoms with E-state index in [1.54, 1.807) is 0 Å². The fourth-order valence-electron chi connectivity index (χ4n) is 2.86. The lowest BCUT2D eigenvalue weighted by Gasteiger charge is -2.22. The molecule has 2 nitrogen and oxygen atoms in total. The monoisotopic (exact) mass is 264 g/mol. The van der Waals surface area contributed by atoms with E-state index in [4.69, 9.17) is 10.7 Å². The Hall–Kier alpha value is -0.830. The van der Waals surface area contributed by atoms with Crippen LogP contribution in [0.3, 0.4) is 0 Å². The molecular weight excluding hydrogens is 240 g/mol. The molecule has 3 heteroatoms. The first-order valence-electron chi connectivity index (χ1n) is 6.98. The maximum atomic E-state index is 6.20. The number of nitrogens with two attached hydrogens (primary N) is 1. The topological polar surface area (TPSA) is 38.4 Å². The quantitative estimate of drug-likeness (QED) is 0.639. The molecule has 2 N–H and O–H groups in total. The first-order valence-corrected chi connectivity index (χ1v) is 7.79. The summed E-state index contributed by atoms with van der Waals surface area (Å²) in [6.45, 7) is 6.49. The summed E-state index contributed by atoms with van der Waals surface area (Å²) in [5, 5.41) is 0. The predicted molar refractivity (Wildman–Crippen MR) is 80.4 cm³/mol. The molecule has 18 heavy (non-hydrogen) atoms. The number of nitrogens with zero attached hydrogens (tertiary/aromatic N) is 1. The van der Waals surface area contributed by atoms with Crippen molar-refractivity contribution in [2.24, 2.45) is 16.6 Å². The molecule has 0 aromatic carbocycles. The van der Waals surface area contributed by atoms with Crippen LogP contribution in [0.25, 0.3) is 0 Å². The Morgan fingerprint density at radius 1 is 1.33 bits per heavy atom. The molecule has 0 aliphatic heterocycles. The molecule has 1 aliphatic rings. The molecule has 1 aliphatic carbocycles. The SMILES string of the molecule is Cc1cc(C(C)N=C(N)C2CCCCC2)c(C)s1. The molecule has 1 atom stereocenters. The van der Waals surface area contributed by atoms with Crippen molar-refractivity contribution in [3.63, 3.8) is 0 Å². The summed E-state index contributed by atoms with van der Waals surface area (Å²) >= 11 is 1.85. The molecule has 1 heterocycles. The van der Waals surface area contributed by atoms with E-state index in [0.29, 0.717) is 5.92 Å². The van der Waals surface area contributed by atoms with Gasteiger partial charge in [-0.15, -0.1) is 11.3 Å². The average Bonchev–Trinajstić information content (AvgIpc) is 2.69. The Morgan fingerprint density at radius 2 is 2.00 bits per heavy atom. The van der Waals surface area contributed by atoms with E-state index in [9.17, 15) is 0 Å². The zero-order valence-corrected chi connectivity index (χ0v) is 12.5. The average molecular weight is 264 g/mol. The van der Waals surface area contributed by atoms with Gasteiger partial charge >= 0.3 is 0 Å². The number of thiophene rings is 1. The highest BCUT2D eigenvalue weighted by atomic mass is 32.1. The van der Waals surface area contributed by atoms with Crippen LogP contribution < -0.4 is 5.73 Å². The van der Waals surface area contributed by atoms with Gasteiger partial charge in [-0.05, 0) is 45.2 Å². The molecule has 0 radical (unpaired) electrons. The van der Waals surface area contributed by atoms with Gasteiger partial charge in [0.15, 0.2) is 0 Å². The van der Waals surface area contributed by atoms with Gasteiger partial charge < -0.3 is 5.73 Å². The minimum atomic E-state index is 0.205. The molecule has 0 amide bonds. The van der Waals surface area contributed by atoms with Crippen LogP contribution in [-0.2, 0) is 0 Å². The van der Waals surface area contributed by atoms with Crippen molar-refractivity contribution in [3.05, 3.63) is 21.4 Å². The fourth-order valence-corrected chi connectivity index (χ4v) is 3.88. The zero-order chi connectivity index (χ0) is 13.1. The van der Waals surface area contributed by atoms with E-state index < -0.39 is 0 Å². The Labute approximate surface area is 114 Å². The molecule has 0 bridgehead atoms. The van der Waals surface area contributed by atoms with Gasteiger partial charge in [0, 0.05) is 15.7 Å². The van der Waals surface area contributed by atoms with E-state index in [0.717, 1.165) is 5.84 Å². The molecule has 1 fully saturated rings. The summed E-state index contributed by atoms with van der Waals surface area (Å²) in [6, 6.07) is 2.46. The molecular formula is C15H24N2S. The lowest BCUT2D eigenvalue weighted by Crippen LogP contribution is -2.26. The van der Waals surface area contributed by atoms with Gasteiger partial charge in [-0.3, -0.25) is 4.99 Å². The van der Waals surface area contributed by atoms with Crippen LogP contribution in [0, 0.1) is 19.8 Å². The van der Waals surface area contributed by atoms with Crippen LogP contribution in [-0.4, -0.2) is 5.84 Å². The number of amidine groups is 1. The highest BCUT2D eigenvalue weighted by Crippen LogP contribution is 2.30. The summed E-state index contributed by atoms with van der Waals surface area (Å²) in [5.41, 5.74) is 7.54. The summed E-state index contributed by atoms with van der Waals surface area (Å²) in [4.78, 5) is 7.48. The molecule has 100 valence electrons. The molecule has 0 saturated heterocycles. The molecule has 0 spiro atoms. The normalized spacial score (nSPS) is 20.1. The maximum absolute atomic E-state index is 6.20. The van der Waals surface area contributed by atoms with Crippen LogP contribution in [0.1, 0.15) is 60.4 Å². The second kappa shape index (κ2) is 5.87. The highest BCUT2D eigenvalue weighted by Gasteiger charge is 2.18. The van der Waals surface area contributed by atoms with Crippen LogP contribution in [0.2, 0.25) is 0 Å². The Morgan fingerprint density at radius 3 is 2.56 bits per heavy atom. The highest BCUT2D eigenvalue weighted by molar-refractivity contribution is 7.12. The van der Waals surface area contributed by atoms with Crippen LogP contribution in [0.15, 0.2) is 11.1 Å². The first-order chi connectivity index (χ1) is 8.58. The Balaban J connectivity index is 2.09. The number of rotatable bonds is 3. The predicted octanol–water partition coefficient (Wildman–Crippen LogP) is 4.36. The summed E-state index contributed by atoms with van der Waals surface area (Å²) < 4.78 is 0. The van der Waals surface area contributed by atoms with Crippen molar-refractivity contribution in [2.75, 3.05) is 0 Å². The summed E-state index contributed by atoms with van der Waals surface area (Å²) in [6.07, 6.45) is 6.44. The number of aliphatic imine (C=N–C) groups is 1. The van der Waals surface area contributed by atoms with Crippen LogP contribution in [0.5, 0.6) is 0 Å². The minimum absolute atomic E-state index is 0.205. The van der Waals surface area contributed by atoms with E-state index in [2.05, 4.69) is 26.8 Å². The summed E-state index contributed by atoms with van der Waals surface area (Å²) in [7, 11) is 0. The van der Waals surface area contributed by atoms with E-state index >= 15 is 0 Å². The lowest BCUT2D eigenvalue weighted by molar-refractivity contribution is 0.435. The van der Waals surface area contributed by atoms with Gasteiger partial charge in [0.25, 0.3) is 0 Å². The van der Waals surface area contributed by atoms with E-state index in [1.165, 1.54) is 47.4 Å². The Kier molecular flexibility index (Phi) is 4.44. The van der Waals surface area contributed by atoms with Gasteiger partial charge in [-0.2, -0.15) is 0 Å². The van der Waals surface area contributed by atoms with Crippen molar-refractivity contribution < 1.29 is 0 Å². The second-order valence-corrected chi connectivity index (χ2v) is 6.89. The van der Waals surface area contributed by atoms with E-state index in [1.807, 2.05) is 11.3 Å². The van der Waals surface area contributed by atoms with Gasteiger partial charge in [-0.1, -0.05) is 19.3 Å². The third-order valence-electron chi connectivity index (χ3n) is 3.90. The number of hydrogen-bond acceptors (Lipinski definition) is 2. The number of hydrogen-bond donors (Lipinski definition) is 1. The molecule has 1 aromatic rings. The van der Waals surface area contributed by atoms with E-state index in [-0.39, 0.29) is 6.04 Å². The number of aryl methyl sites for hydroxylation is 2. The smallest absolute Gasteiger partial charge is 0.0975 e. The standard InChI is InChI=1S/C15H24N2S/c1-10-9-14(12(3)18-10)11(2)17-15(16)13-7-5-4-6-8-13/h9,11,13H,4-8H2,1-3H3,(H2,16,17). The fraction of sp³-hybridized carbons (Fsp3) is 0.667. The largest absolute Gasteiger partial charge is 0.387 e. The van der Waals surface area contributed by atoms with Crippen molar-refractivity contribution >= 4 is 17.2 Å². The van der Waals surface area contributed by atoms with Crippen molar-refractivity contribution in [1.82, 2.24) is 0 Å². The maximum Gasteiger partial charge on any atom is 0.0975 e. The van der Waals surface area contributed by atoms with Crippen molar-refractivity contribution in [1.29, 1.82) is 0 Å². The minimum Gasteiger partial charge on any atom is -0.387 e. The second-order valence-electron chi connectivity index (χ2n) is 5.43. The van der Waals surface area contributed by atoms with Crippen molar-refractivity contribution in [2.45, 2.75) is 58.9 Å².